The average Bonchev–Trinajstić information content (AvgIpc) is 2.39. The van der Waals surface area contributed by atoms with Crippen LogP contribution in [0, 0.1) is 0 Å². The van der Waals surface area contributed by atoms with Gasteiger partial charge in [-0.1, -0.05) is 59.6 Å². The van der Waals surface area contributed by atoms with Crippen molar-refractivity contribution in [1.82, 2.24) is 0 Å². The molecule has 0 bridgehead atoms. The van der Waals surface area contributed by atoms with Gasteiger partial charge in [-0.05, 0) is 17.7 Å². The number of rotatable bonds is 4. The van der Waals surface area contributed by atoms with Gasteiger partial charge in [0.15, 0.2) is 0 Å². The Hall–Kier alpha value is -0.770. The first kappa shape index (κ1) is 17.3. The molecule has 0 saturated carbocycles. The van der Waals surface area contributed by atoms with E-state index in [0.717, 1.165) is 5.56 Å². The fraction of sp³-hybridized carbons (Fsp3) is 0.200. The Morgan fingerprint density at radius 3 is 2.05 bits per heavy atom. The quantitative estimate of drug-likeness (QED) is 0.888. The van der Waals surface area contributed by atoms with Gasteiger partial charge in [-0.2, -0.15) is 0 Å². The molecule has 0 unspecified atom stereocenters. The van der Waals surface area contributed by atoms with Gasteiger partial charge in [0.05, 0.1) is 12.1 Å². The van der Waals surface area contributed by atoms with Crippen LogP contribution in [0.15, 0.2) is 48.5 Å². The van der Waals surface area contributed by atoms with Crippen molar-refractivity contribution >= 4 is 35.6 Å². The summed E-state index contributed by atoms with van der Waals surface area (Å²) < 4.78 is 0. The van der Waals surface area contributed by atoms with Crippen molar-refractivity contribution in [3.63, 3.8) is 0 Å². The molecule has 2 nitrogen and oxygen atoms in total. The van der Waals surface area contributed by atoms with Crippen LogP contribution in [0.3, 0.4) is 0 Å². The molecule has 3 N–H and O–H groups in total. The van der Waals surface area contributed by atoms with E-state index in [-0.39, 0.29) is 12.4 Å². The largest absolute Gasteiger partial charge is 0.391 e. The van der Waals surface area contributed by atoms with E-state index in [1.54, 1.807) is 18.2 Å². The van der Waals surface area contributed by atoms with E-state index in [9.17, 15) is 5.11 Å². The molecular formula is C15H16Cl3NO. The van der Waals surface area contributed by atoms with Crippen molar-refractivity contribution in [2.75, 3.05) is 0 Å². The van der Waals surface area contributed by atoms with Crippen LogP contribution < -0.4 is 5.73 Å². The van der Waals surface area contributed by atoms with E-state index in [2.05, 4.69) is 0 Å². The summed E-state index contributed by atoms with van der Waals surface area (Å²) in [5.41, 5.74) is 7.68. The Balaban J connectivity index is 0.00000200. The predicted octanol–water partition coefficient (Wildman–Crippen LogP) is 4.02. The van der Waals surface area contributed by atoms with Gasteiger partial charge in [0.25, 0.3) is 0 Å². The molecule has 0 saturated heterocycles. The van der Waals surface area contributed by atoms with Gasteiger partial charge >= 0.3 is 0 Å². The van der Waals surface area contributed by atoms with Crippen molar-refractivity contribution in [1.29, 1.82) is 0 Å². The fourth-order valence-electron chi connectivity index (χ4n) is 2.00. The third kappa shape index (κ3) is 4.11. The minimum absolute atomic E-state index is 0. The molecule has 2 aromatic rings. The summed E-state index contributed by atoms with van der Waals surface area (Å²) >= 11 is 12.2. The summed E-state index contributed by atoms with van der Waals surface area (Å²) in [6.45, 7) is 0. The van der Waals surface area contributed by atoms with Crippen LogP contribution in [0.25, 0.3) is 0 Å². The van der Waals surface area contributed by atoms with Crippen molar-refractivity contribution in [2.45, 2.75) is 18.6 Å². The smallest absolute Gasteiger partial charge is 0.0774 e. The van der Waals surface area contributed by atoms with E-state index in [1.807, 2.05) is 30.3 Å². The second kappa shape index (κ2) is 7.87. The van der Waals surface area contributed by atoms with E-state index in [0.29, 0.717) is 22.0 Å². The molecule has 0 spiro atoms. The molecule has 0 aliphatic rings. The number of aliphatic hydroxyl groups excluding tert-OH is 1. The lowest BCUT2D eigenvalue weighted by atomic mass is 9.97. The molecule has 0 aliphatic carbocycles. The molecule has 0 radical (unpaired) electrons. The summed E-state index contributed by atoms with van der Waals surface area (Å²) in [5.74, 6) is 0. The molecule has 0 heterocycles. The van der Waals surface area contributed by atoms with Crippen LogP contribution in [0.2, 0.25) is 10.0 Å². The summed E-state index contributed by atoms with van der Waals surface area (Å²) in [5, 5.41) is 11.2. The zero-order valence-electron chi connectivity index (χ0n) is 10.7. The van der Waals surface area contributed by atoms with Gasteiger partial charge in [0.2, 0.25) is 0 Å². The van der Waals surface area contributed by atoms with Crippen molar-refractivity contribution < 1.29 is 5.11 Å². The summed E-state index contributed by atoms with van der Waals surface area (Å²) in [4.78, 5) is 0. The highest BCUT2D eigenvalue weighted by Crippen LogP contribution is 2.31. The monoisotopic (exact) mass is 331 g/mol. The Bertz CT molecular complexity index is 528. The number of nitrogens with two attached hydrogens (primary N) is 1. The van der Waals surface area contributed by atoms with Crippen LogP contribution in [0.5, 0.6) is 0 Å². The molecule has 2 aromatic carbocycles. The Kier molecular flexibility index (Phi) is 6.80. The van der Waals surface area contributed by atoms with Crippen LogP contribution in [-0.4, -0.2) is 11.2 Å². The molecule has 0 aromatic heterocycles. The van der Waals surface area contributed by atoms with Crippen LogP contribution in [0.1, 0.15) is 17.2 Å². The maximum absolute atomic E-state index is 10.2. The third-order valence-corrected chi connectivity index (χ3v) is 3.69. The molecule has 0 amide bonds. The van der Waals surface area contributed by atoms with E-state index in [4.69, 9.17) is 28.9 Å². The second-order valence-electron chi connectivity index (χ2n) is 4.42. The second-order valence-corrected chi connectivity index (χ2v) is 5.23. The first-order valence-corrected chi connectivity index (χ1v) is 6.76. The van der Waals surface area contributed by atoms with Crippen LogP contribution in [-0.2, 0) is 6.42 Å². The first-order valence-electron chi connectivity index (χ1n) is 6.01. The molecule has 2 rings (SSSR count). The Labute approximate surface area is 134 Å². The highest BCUT2D eigenvalue weighted by Gasteiger charge is 2.21. The minimum atomic E-state index is -0.736. The van der Waals surface area contributed by atoms with Crippen molar-refractivity contribution in [2.24, 2.45) is 5.73 Å². The fourth-order valence-corrected chi connectivity index (χ4v) is 2.65. The molecular weight excluding hydrogens is 317 g/mol. The number of aliphatic hydroxyl groups is 1. The van der Waals surface area contributed by atoms with E-state index in [1.165, 1.54) is 0 Å². The predicted molar refractivity (Wildman–Crippen MR) is 86.8 cm³/mol. The zero-order valence-corrected chi connectivity index (χ0v) is 13.0. The molecule has 0 aliphatic heterocycles. The number of benzene rings is 2. The minimum Gasteiger partial charge on any atom is -0.391 e. The van der Waals surface area contributed by atoms with Crippen molar-refractivity contribution in [3.05, 3.63) is 69.7 Å². The lowest BCUT2D eigenvalue weighted by Gasteiger charge is -2.21. The third-order valence-electron chi connectivity index (χ3n) is 3.04. The standard InChI is InChI=1S/C15H15Cl2NO.ClH/c16-11-7-4-8-12(17)14(11)15(18)13(19)9-10-5-2-1-3-6-10;/h1-8,13,15,19H,9,18H2;1H/t13-,15-;/m1./s1. The van der Waals surface area contributed by atoms with E-state index >= 15 is 0 Å². The van der Waals surface area contributed by atoms with Gasteiger partial charge in [-0.25, -0.2) is 0 Å². The average molecular weight is 333 g/mol. The molecule has 108 valence electrons. The molecule has 0 fully saturated rings. The molecule has 5 heteroatoms. The number of hydrogen-bond donors (Lipinski definition) is 2. The summed E-state index contributed by atoms with van der Waals surface area (Å²) in [6, 6.07) is 14.3. The Morgan fingerprint density at radius 1 is 0.950 bits per heavy atom. The topological polar surface area (TPSA) is 46.2 Å². The number of hydrogen-bond acceptors (Lipinski definition) is 2. The highest BCUT2D eigenvalue weighted by atomic mass is 35.5. The van der Waals surface area contributed by atoms with E-state index < -0.39 is 12.1 Å². The zero-order chi connectivity index (χ0) is 13.8. The SMILES string of the molecule is Cl.N[C@@H](c1c(Cl)cccc1Cl)[C@H](O)Cc1ccccc1. The molecule has 2 atom stereocenters. The first-order chi connectivity index (χ1) is 9.09. The lowest BCUT2D eigenvalue weighted by Crippen LogP contribution is -2.28. The number of halogens is 3. The van der Waals surface area contributed by atoms with Gasteiger partial charge in [-0.15, -0.1) is 12.4 Å². The van der Waals surface area contributed by atoms with Gasteiger partial charge < -0.3 is 10.8 Å². The van der Waals surface area contributed by atoms with Gasteiger partial charge in [0, 0.05) is 22.0 Å². The van der Waals surface area contributed by atoms with Crippen LogP contribution in [0.4, 0.5) is 0 Å². The van der Waals surface area contributed by atoms with Gasteiger partial charge in [-0.3, -0.25) is 0 Å². The van der Waals surface area contributed by atoms with Crippen molar-refractivity contribution in [3.8, 4) is 0 Å². The maximum Gasteiger partial charge on any atom is 0.0774 e. The van der Waals surface area contributed by atoms with Crippen LogP contribution >= 0.6 is 35.6 Å². The lowest BCUT2D eigenvalue weighted by molar-refractivity contribution is 0.145. The normalized spacial score (nSPS) is 13.4. The molecule has 20 heavy (non-hydrogen) atoms. The maximum atomic E-state index is 10.2. The van der Waals surface area contributed by atoms with Gasteiger partial charge in [0.1, 0.15) is 0 Å². The highest BCUT2D eigenvalue weighted by molar-refractivity contribution is 6.36. The summed E-state index contributed by atoms with van der Waals surface area (Å²) in [7, 11) is 0. The Morgan fingerprint density at radius 2 is 1.50 bits per heavy atom. The summed E-state index contributed by atoms with van der Waals surface area (Å²) in [6.07, 6.45) is -0.274.